The Balaban J connectivity index is 1.52. The molecule has 1 aromatic rings. The molecule has 2 aliphatic rings. The van der Waals surface area contributed by atoms with E-state index in [-0.39, 0.29) is 29.2 Å². The van der Waals surface area contributed by atoms with Gasteiger partial charge in [-0.1, -0.05) is 30.3 Å². The monoisotopic (exact) mass is 429 g/mol. The van der Waals surface area contributed by atoms with Crippen molar-refractivity contribution in [2.75, 3.05) is 24.7 Å². The minimum Gasteiger partial charge on any atom is -0.350 e. The van der Waals surface area contributed by atoms with Crippen molar-refractivity contribution in [2.45, 2.75) is 45.2 Å². The molecule has 1 unspecified atom stereocenters. The Bertz CT molecular complexity index is 796. The molecule has 1 N–H and O–H groups in total. The van der Waals surface area contributed by atoms with Gasteiger partial charge < -0.3 is 15.1 Å². The van der Waals surface area contributed by atoms with E-state index in [4.69, 9.17) is 0 Å². The van der Waals surface area contributed by atoms with E-state index in [0.29, 0.717) is 37.6 Å². The lowest BCUT2D eigenvalue weighted by atomic mass is 9.94. The van der Waals surface area contributed by atoms with Gasteiger partial charge in [-0.3, -0.25) is 14.4 Å². The van der Waals surface area contributed by atoms with Gasteiger partial charge in [0.25, 0.3) is 0 Å². The molecular formula is C23H31N3O3S. The van der Waals surface area contributed by atoms with E-state index in [1.54, 1.807) is 27.6 Å². The van der Waals surface area contributed by atoms with E-state index in [1.165, 1.54) is 0 Å². The molecule has 1 aromatic carbocycles. The highest BCUT2D eigenvalue weighted by molar-refractivity contribution is 7.99. The molecule has 0 aliphatic carbocycles. The molecule has 1 atom stereocenters. The Morgan fingerprint density at radius 2 is 1.77 bits per heavy atom. The molecule has 2 saturated heterocycles. The van der Waals surface area contributed by atoms with Crippen LogP contribution in [0.5, 0.6) is 0 Å². The van der Waals surface area contributed by atoms with Crippen LogP contribution in [0.4, 0.5) is 0 Å². The number of benzene rings is 1. The Morgan fingerprint density at radius 1 is 1.10 bits per heavy atom. The lowest BCUT2D eigenvalue weighted by Gasteiger charge is -2.34. The fourth-order valence-corrected chi connectivity index (χ4v) is 4.91. The van der Waals surface area contributed by atoms with Gasteiger partial charge in [0.15, 0.2) is 0 Å². The SMILES string of the molecule is CC(C)(C)NC(=O)C1CSCN1C(=O)C1CCN(C(=O)C=Cc2ccccc2)CC1. The van der Waals surface area contributed by atoms with Gasteiger partial charge in [-0.05, 0) is 45.3 Å². The summed E-state index contributed by atoms with van der Waals surface area (Å²) in [6, 6.07) is 9.32. The largest absolute Gasteiger partial charge is 0.350 e. The Labute approximate surface area is 183 Å². The zero-order valence-electron chi connectivity index (χ0n) is 18.0. The quantitative estimate of drug-likeness (QED) is 0.748. The van der Waals surface area contributed by atoms with Crippen molar-refractivity contribution in [1.82, 2.24) is 15.1 Å². The summed E-state index contributed by atoms with van der Waals surface area (Å²) in [7, 11) is 0. The Morgan fingerprint density at radius 3 is 2.40 bits per heavy atom. The predicted octanol–water partition coefficient (Wildman–Crippen LogP) is 2.75. The number of hydrogen-bond acceptors (Lipinski definition) is 4. The number of likely N-dealkylation sites (tertiary alicyclic amines) is 1. The number of rotatable bonds is 4. The highest BCUT2D eigenvalue weighted by atomic mass is 32.2. The summed E-state index contributed by atoms with van der Waals surface area (Å²) in [5.74, 6) is 0.996. The molecule has 0 bridgehead atoms. The van der Waals surface area contributed by atoms with Crippen LogP contribution in [0.15, 0.2) is 36.4 Å². The van der Waals surface area contributed by atoms with Crippen LogP contribution in [0.25, 0.3) is 6.08 Å². The topological polar surface area (TPSA) is 69.7 Å². The van der Waals surface area contributed by atoms with E-state index >= 15 is 0 Å². The highest BCUT2D eigenvalue weighted by Crippen LogP contribution is 2.27. The summed E-state index contributed by atoms with van der Waals surface area (Å²) in [5.41, 5.74) is 0.667. The van der Waals surface area contributed by atoms with E-state index in [2.05, 4.69) is 5.32 Å². The van der Waals surface area contributed by atoms with E-state index < -0.39 is 6.04 Å². The number of carbonyl (C=O) groups is 3. The number of nitrogens with one attached hydrogen (secondary N) is 1. The molecule has 2 fully saturated rings. The predicted molar refractivity (Wildman–Crippen MR) is 121 cm³/mol. The minimum atomic E-state index is -0.407. The third-order valence-electron chi connectivity index (χ3n) is 5.34. The Kier molecular flexibility index (Phi) is 7.23. The molecule has 7 heteroatoms. The molecule has 0 aromatic heterocycles. The first-order valence-corrected chi connectivity index (χ1v) is 11.6. The maximum Gasteiger partial charge on any atom is 0.246 e. The normalized spacial score (nSPS) is 20.6. The van der Waals surface area contributed by atoms with Crippen LogP contribution >= 0.6 is 11.8 Å². The van der Waals surface area contributed by atoms with Gasteiger partial charge in [-0.15, -0.1) is 11.8 Å². The average molecular weight is 430 g/mol. The number of nitrogens with zero attached hydrogens (tertiary/aromatic N) is 2. The maximum atomic E-state index is 13.1. The Hall–Kier alpha value is -2.28. The van der Waals surface area contributed by atoms with Crippen molar-refractivity contribution in [3.05, 3.63) is 42.0 Å². The van der Waals surface area contributed by atoms with Gasteiger partial charge in [-0.2, -0.15) is 0 Å². The fraction of sp³-hybridized carbons (Fsp3) is 0.522. The van der Waals surface area contributed by atoms with Gasteiger partial charge in [-0.25, -0.2) is 0 Å². The van der Waals surface area contributed by atoms with Gasteiger partial charge in [0, 0.05) is 36.4 Å². The fourth-order valence-electron chi connectivity index (χ4n) is 3.75. The second-order valence-corrected chi connectivity index (χ2v) is 9.91. The van der Waals surface area contributed by atoms with E-state index in [9.17, 15) is 14.4 Å². The summed E-state index contributed by atoms with van der Waals surface area (Å²) in [6.45, 7) is 6.96. The second kappa shape index (κ2) is 9.69. The number of hydrogen-bond donors (Lipinski definition) is 1. The average Bonchev–Trinajstić information content (AvgIpc) is 3.21. The van der Waals surface area contributed by atoms with Crippen LogP contribution < -0.4 is 5.32 Å². The third-order valence-corrected chi connectivity index (χ3v) is 6.35. The van der Waals surface area contributed by atoms with Crippen LogP contribution in [0.1, 0.15) is 39.2 Å². The lowest BCUT2D eigenvalue weighted by Crippen LogP contribution is -2.54. The number of piperidine rings is 1. The third kappa shape index (κ3) is 5.88. The van der Waals surface area contributed by atoms with Crippen LogP contribution in [0, 0.1) is 5.92 Å². The summed E-state index contributed by atoms with van der Waals surface area (Å²) >= 11 is 1.62. The summed E-state index contributed by atoms with van der Waals surface area (Å²) in [6.07, 6.45) is 4.69. The van der Waals surface area contributed by atoms with Crippen molar-refractivity contribution in [3.63, 3.8) is 0 Å². The minimum absolute atomic E-state index is 0.0242. The van der Waals surface area contributed by atoms with Crippen LogP contribution in [0.3, 0.4) is 0 Å². The molecular weight excluding hydrogens is 398 g/mol. The zero-order chi connectivity index (χ0) is 21.7. The molecule has 0 radical (unpaired) electrons. The first-order valence-electron chi connectivity index (χ1n) is 10.5. The number of thioether (sulfide) groups is 1. The molecule has 3 rings (SSSR count). The van der Waals surface area contributed by atoms with Gasteiger partial charge in [0.05, 0.1) is 5.88 Å². The van der Waals surface area contributed by atoms with Crippen molar-refractivity contribution in [2.24, 2.45) is 5.92 Å². The van der Waals surface area contributed by atoms with Crippen molar-refractivity contribution >= 4 is 35.6 Å². The van der Waals surface area contributed by atoms with Crippen molar-refractivity contribution in [1.29, 1.82) is 0 Å². The number of amides is 3. The first kappa shape index (κ1) is 22.4. The highest BCUT2D eigenvalue weighted by Gasteiger charge is 2.39. The molecule has 0 saturated carbocycles. The summed E-state index contributed by atoms with van der Waals surface area (Å²) in [5, 5.41) is 2.99. The van der Waals surface area contributed by atoms with Gasteiger partial charge in [0.1, 0.15) is 6.04 Å². The smallest absolute Gasteiger partial charge is 0.246 e. The lowest BCUT2D eigenvalue weighted by molar-refractivity contribution is -0.143. The van der Waals surface area contributed by atoms with Crippen LogP contribution in [-0.4, -0.2) is 63.8 Å². The number of carbonyl (C=O) groups excluding carboxylic acids is 3. The van der Waals surface area contributed by atoms with Crippen molar-refractivity contribution in [3.8, 4) is 0 Å². The molecule has 2 aliphatic heterocycles. The first-order chi connectivity index (χ1) is 14.2. The molecule has 0 spiro atoms. The zero-order valence-corrected chi connectivity index (χ0v) is 18.8. The van der Waals surface area contributed by atoms with Crippen molar-refractivity contribution < 1.29 is 14.4 Å². The van der Waals surface area contributed by atoms with Gasteiger partial charge in [0.2, 0.25) is 17.7 Å². The molecule has 2 heterocycles. The van der Waals surface area contributed by atoms with E-state index in [1.807, 2.05) is 57.2 Å². The van der Waals surface area contributed by atoms with Crippen LogP contribution in [0.2, 0.25) is 0 Å². The second-order valence-electron chi connectivity index (χ2n) is 8.91. The standard InChI is InChI=1S/C23H31N3O3S/c1-23(2,3)24-21(28)19-15-30-16-26(19)22(29)18-11-13-25(14-12-18)20(27)10-9-17-7-5-4-6-8-17/h4-10,18-19H,11-16H2,1-3H3,(H,24,28). The van der Waals surface area contributed by atoms with Gasteiger partial charge >= 0.3 is 0 Å². The summed E-state index contributed by atoms with van der Waals surface area (Å²) < 4.78 is 0. The molecule has 6 nitrogen and oxygen atoms in total. The molecule has 162 valence electrons. The molecule has 3 amide bonds. The maximum absolute atomic E-state index is 13.1. The summed E-state index contributed by atoms with van der Waals surface area (Å²) in [4.78, 5) is 41.7. The van der Waals surface area contributed by atoms with E-state index in [0.717, 1.165) is 5.56 Å². The van der Waals surface area contributed by atoms with Crippen LogP contribution in [-0.2, 0) is 14.4 Å². The molecule has 30 heavy (non-hydrogen) atoms.